The Balaban J connectivity index is 1.10. The Morgan fingerprint density at radius 3 is 1.98 bits per heavy atom. The molecule has 4 heteroatoms. The third-order valence-corrected chi connectivity index (χ3v) is 9.05. The highest BCUT2D eigenvalue weighted by Gasteiger charge is 2.14. The molecule has 8 rings (SSSR count). The lowest BCUT2D eigenvalue weighted by molar-refractivity contribution is 0.308. The van der Waals surface area contributed by atoms with E-state index in [1.807, 2.05) is 12.1 Å². The SMILES string of the molecule is Nc1c(OCc2ccc(-n3c4ccccc4c4ccccc43)cc2)ccc2sc3ccc(-c4ccccc4)cc3c12. The number of fused-ring (bicyclic) bond motifs is 6. The zero-order valence-corrected chi connectivity index (χ0v) is 23.1. The maximum absolute atomic E-state index is 6.75. The van der Waals surface area contributed by atoms with Gasteiger partial charge in [-0.1, -0.05) is 84.9 Å². The van der Waals surface area contributed by atoms with Gasteiger partial charge in [-0.3, -0.25) is 0 Å². The highest BCUT2D eigenvalue weighted by molar-refractivity contribution is 7.26. The number of para-hydroxylation sites is 2. The number of hydrogen-bond donors (Lipinski definition) is 1. The maximum Gasteiger partial charge on any atom is 0.143 e. The van der Waals surface area contributed by atoms with Crippen LogP contribution in [0, 0.1) is 0 Å². The van der Waals surface area contributed by atoms with Crippen LogP contribution in [0.3, 0.4) is 0 Å². The van der Waals surface area contributed by atoms with Crippen LogP contribution in [0.25, 0.3) is 58.8 Å². The van der Waals surface area contributed by atoms with Crippen molar-refractivity contribution in [2.45, 2.75) is 6.61 Å². The molecule has 0 spiro atoms. The van der Waals surface area contributed by atoms with Crippen molar-refractivity contribution in [3.05, 3.63) is 139 Å². The minimum atomic E-state index is 0.445. The summed E-state index contributed by atoms with van der Waals surface area (Å²) in [5.74, 6) is 0.716. The maximum atomic E-state index is 6.75. The molecule has 2 heterocycles. The van der Waals surface area contributed by atoms with Gasteiger partial charge >= 0.3 is 0 Å². The molecule has 0 bridgehead atoms. The molecule has 2 N–H and O–H groups in total. The number of aromatic nitrogens is 1. The molecule has 2 aromatic heterocycles. The van der Waals surface area contributed by atoms with Crippen LogP contribution >= 0.6 is 11.3 Å². The molecule has 6 aromatic carbocycles. The molecule has 0 amide bonds. The van der Waals surface area contributed by atoms with Gasteiger partial charge in [-0.25, -0.2) is 0 Å². The zero-order chi connectivity index (χ0) is 27.3. The fraction of sp³-hybridized carbons (Fsp3) is 0.0270. The molecule has 0 atom stereocenters. The molecule has 196 valence electrons. The Labute approximate surface area is 241 Å². The molecular weight excluding hydrogens is 520 g/mol. The summed E-state index contributed by atoms with van der Waals surface area (Å²) in [7, 11) is 0. The number of benzene rings is 6. The van der Waals surface area contributed by atoms with Crippen molar-refractivity contribution in [2.24, 2.45) is 0 Å². The van der Waals surface area contributed by atoms with Crippen molar-refractivity contribution in [2.75, 3.05) is 5.73 Å². The second-order valence-corrected chi connectivity index (χ2v) is 11.4. The molecule has 8 aromatic rings. The van der Waals surface area contributed by atoms with Gasteiger partial charge in [0, 0.05) is 36.6 Å². The first-order valence-corrected chi connectivity index (χ1v) is 14.6. The van der Waals surface area contributed by atoms with Gasteiger partial charge in [0.05, 0.1) is 16.7 Å². The van der Waals surface area contributed by atoms with Crippen LogP contribution in [0.4, 0.5) is 5.69 Å². The normalized spacial score (nSPS) is 11.6. The van der Waals surface area contributed by atoms with Gasteiger partial charge in [0.2, 0.25) is 0 Å². The number of anilines is 1. The summed E-state index contributed by atoms with van der Waals surface area (Å²) < 4.78 is 11.0. The van der Waals surface area contributed by atoms with Crippen molar-refractivity contribution >= 4 is 59.0 Å². The van der Waals surface area contributed by atoms with E-state index in [2.05, 4.69) is 126 Å². The largest absolute Gasteiger partial charge is 0.487 e. The summed E-state index contributed by atoms with van der Waals surface area (Å²) in [5.41, 5.74) is 14.5. The molecule has 0 saturated carbocycles. The minimum Gasteiger partial charge on any atom is -0.487 e. The second kappa shape index (κ2) is 9.54. The number of nitrogens with two attached hydrogens (primary N) is 1. The molecule has 0 fully saturated rings. The summed E-state index contributed by atoms with van der Waals surface area (Å²) in [4.78, 5) is 0. The van der Waals surface area contributed by atoms with Crippen LogP contribution in [0.5, 0.6) is 5.75 Å². The summed E-state index contributed by atoms with van der Waals surface area (Å²) >= 11 is 1.77. The van der Waals surface area contributed by atoms with Crippen LogP contribution in [0.1, 0.15) is 5.56 Å². The Kier molecular flexibility index (Phi) is 5.54. The van der Waals surface area contributed by atoms with E-state index in [1.54, 1.807) is 11.3 Å². The standard InChI is InChI=1S/C37H26N2OS/c38-37-33(19-21-35-36(37)30-22-26(16-20-34(30)41-35)25-8-2-1-3-9-25)40-23-24-14-17-27(18-15-24)39-31-12-6-4-10-28(31)29-11-5-7-13-32(29)39/h1-22H,23,38H2. The Morgan fingerprint density at radius 2 is 1.24 bits per heavy atom. The molecule has 3 nitrogen and oxygen atoms in total. The first-order chi connectivity index (χ1) is 20.2. The van der Waals surface area contributed by atoms with E-state index >= 15 is 0 Å². The van der Waals surface area contributed by atoms with Crippen molar-refractivity contribution in [3.63, 3.8) is 0 Å². The molecule has 0 aliphatic heterocycles. The number of nitrogen functional groups attached to an aromatic ring is 1. The first kappa shape index (κ1) is 23.8. The molecule has 0 aliphatic carbocycles. The van der Waals surface area contributed by atoms with E-state index in [9.17, 15) is 0 Å². The summed E-state index contributed by atoms with van der Waals surface area (Å²) in [6.07, 6.45) is 0. The van der Waals surface area contributed by atoms with E-state index in [1.165, 1.54) is 47.7 Å². The lowest BCUT2D eigenvalue weighted by Gasteiger charge is -2.12. The number of ether oxygens (including phenoxy) is 1. The Bertz CT molecular complexity index is 2160. The van der Waals surface area contributed by atoms with Gasteiger partial charge in [0.15, 0.2) is 0 Å². The smallest absolute Gasteiger partial charge is 0.143 e. The molecular formula is C37H26N2OS. The molecule has 0 saturated heterocycles. The van der Waals surface area contributed by atoms with Crippen LogP contribution < -0.4 is 10.5 Å². The average Bonchev–Trinajstić information content (AvgIpc) is 3.57. The third-order valence-electron chi connectivity index (χ3n) is 7.91. The van der Waals surface area contributed by atoms with E-state index < -0.39 is 0 Å². The number of hydrogen-bond acceptors (Lipinski definition) is 3. The van der Waals surface area contributed by atoms with Gasteiger partial charge in [-0.05, 0) is 65.2 Å². The van der Waals surface area contributed by atoms with Crippen molar-refractivity contribution in [3.8, 4) is 22.6 Å². The van der Waals surface area contributed by atoms with Crippen LogP contribution in [0.2, 0.25) is 0 Å². The van der Waals surface area contributed by atoms with Gasteiger partial charge in [-0.15, -0.1) is 11.3 Å². The zero-order valence-electron chi connectivity index (χ0n) is 22.2. The van der Waals surface area contributed by atoms with Gasteiger partial charge in [0.1, 0.15) is 12.4 Å². The van der Waals surface area contributed by atoms with Crippen LogP contribution in [-0.2, 0) is 6.61 Å². The van der Waals surface area contributed by atoms with E-state index in [0.717, 1.165) is 16.6 Å². The second-order valence-electron chi connectivity index (χ2n) is 10.4. The Hall–Kier alpha value is -5.06. The van der Waals surface area contributed by atoms with Crippen molar-refractivity contribution in [1.29, 1.82) is 0 Å². The number of nitrogens with zero attached hydrogens (tertiary/aromatic N) is 1. The quantitative estimate of drug-likeness (QED) is 0.218. The van der Waals surface area contributed by atoms with Crippen LogP contribution in [-0.4, -0.2) is 4.57 Å². The summed E-state index contributed by atoms with van der Waals surface area (Å²) in [5, 5.41) is 4.77. The molecule has 0 radical (unpaired) electrons. The molecule has 41 heavy (non-hydrogen) atoms. The van der Waals surface area contributed by atoms with E-state index in [0.29, 0.717) is 18.0 Å². The van der Waals surface area contributed by atoms with Gasteiger partial charge in [0.25, 0.3) is 0 Å². The van der Waals surface area contributed by atoms with Crippen LogP contribution in [0.15, 0.2) is 133 Å². The highest BCUT2D eigenvalue weighted by Crippen LogP contribution is 2.42. The lowest BCUT2D eigenvalue weighted by atomic mass is 10.0. The summed E-state index contributed by atoms with van der Waals surface area (Å²) in [6.45, 7) is 0.445. The fourth-order valence-electron chi connectivity index (χ4n) is 5.92. The first-order valence-electron chi connectivity index (χ1n) is 13.7. The fourth-order valence-corrected chi connectivity index (χ4v) is 7.02. The molecule has 0 unspecified atom stereocenters. The van der Waals surface area contributed by atoms with E-state index in [-0.39, 0.29) is 0 Å². The van der Waals surface area contributed by atoms with Gasteiger partial charge in [-0.2, -0.15) is 0 Å². The summed E-state index contributed by atoms with van der Waals surface area (Å²) in [6, 6.07) is 47.0. The predicted octanol–water partition coefficient (Wildman–Crippen LogP) is 9.98. The van der Waals surface area contributed by atoms with Crippen molar-refractivity contribution < 1.29 is 4.74 Å². The van der Waals surface area contributed by atoms with Gasteiger partial charge < -0.3 is 15.0 Å². The number of rotatable bonds is 5. The third kappa shape index (κ3) is 3.95. The van der Waals surface area contributed by atoms with E-state index in [4.69, 9.17) is 10.5 Å². The predicted molar refractivity (Wildman–Crippen MR) is 174 cm³/mol. The number of thiophene rings is 1. The van der Waals surface area contributed by atoms with Crippen molar-refractivity contribution in [1.82, 2.24) is 4.57 Å². The minimum absolute atomic E-state index is 0.445. The topological polar surface area (TPSA) is 40.2 Å². The molecule has 0 aliphatic rings. The Morgan fingerprint density at radius 1 is 0.585 bits per heavy atom. The lowest BCUT2D eigenvalue weighted by Crippen LogP contribution is -2.00. The average molecular weight is 547 g/mol. The monoisotopic (exact) mass is 546 g/mol. The highest BCUT2D eigenvalue weighted by atomic mass is 32.1.